The number of aromatic nitrogens is 2. The van der Waals surface area contributed by atoms with E-state index in [4.69, 9.17) is 4.98 Å². The van der Waals surface area contributed by atoms with Crippen LogP contribution < -0.4 is 0 Å². The van der Waals surface area contributed by atoms with Gasteiger partial charge in [0, 0.05) is 23.2 Å². The number of unbranched alkanes of at least 4 members (excludes halogenated alkanes) is 1. The zero-order valence-corrected chi connectivity index (χ0v) is 21.5. The van der Waals surface area contributed by atoms with Gasteiger partial charge in [-0.25, -0.2) is 4.98 Å². The maximum absolute atomic E-state index is 5.39. The lowest BCUT2D eigenvalue weighted by Crippen LogP contribution is -2.08. The standard InChI is InChI=1S/C34H36N2/c1-24-12-11-13-25(2)31(24)34-35-32(27-14-5-3-6-15-27)33(28-16-7-4-8-17-28)36(34)21-10-9-18-29-22-26-19-20-30(29)23-26/h3-8,11-17,19-20,26,29-30H,9-10,18,21-23H2,1-2H3. The highest BCUT2D eigenvalue weighted by Crippen LogP contribution is 2.45. The minimum absolute atomic E-state index is 0.845. The Labute approximate surface area is 215 Å². The lowest BCUT2D eigenvalue weighted by Gasteiger charge is -2.19. The lowest BCUT2D eigenvalue weighted by atomic mass is 9.89. The Morgan fingerprint density at radius 3 is 2.08 bits per heavy atom. The van der Waals surface area contributed by atoms with Crippen LogP contribution >= 0.6 is 0 Å². The van der Waals surface area contributed by atoms with Crippen LogP contribution in [0, 0.1) is 31.6 Å². The summed E-state index contributed by atoms with van der Waals surface area (Å²) in [6.45, 7) is 5.42. The highest BCUT2D eigenvalue weighted by atomic mass is 15.1. The fourth-order valence-electron chi connectivity index (χ4n) is 6.62. The molecule has 0 aliphatic heterocycles. The molecular weight excluding hydrogens is 436 g/mol. The number of aryl methyl sites for hydroxylation is 2. The molecule has 6 rings (SSSR count). The van der Waals surface area contributed by atoms with E-state index in [1.165, 1.54) is 65.6 Å². The average Bonchev–Trinajstić information content (AvgIpc) is 3.63. The quantitative estimate of drug-likeness (QED) is 0.185. The molecule has 1 aromatic heterocycles. The summed E-state index contributed by atoms with van der Waals surface area (Å²) in [6.07, 6.45) is 11.6. The van der Waals surface area contributed by atoms with Crippen LogP contribution in [0.2, 0.25) is 0 Å². The second kappa shape index (κ2) is 9.93. The number of allylic oxidation sites excluding steroid dienone is 2. The molecule has 0 saturated heterocycles. The third kappa shape index (κ3) is 4.34. The summed E-state index contributed by atoms with van der Waals surface area (Å²) >= 11 is 0. The van der Waals surface area contributed by atoms with Gasteiger partial charge in [0.1, 0.15) is 5.82 Å². The van der Waals surface area contributed by atoms with Crippen molar-refractivity contribution in [3.63, 3.8) is 0 Å². The summed E-state index contributed by atoms with van der Waals surface area (Å²) in [7, 11) is 0. The molecule has 2 nitrogen and oxygen atoms in total. The van der Waals surface area contributed by atoms with Crippen molar-refractivity contribution < 1.29 is 0 Å². The Balaban J connectivity index is 1.40. The molecule has 3 atom stereocenters. The smallest absolute Gasteiger partial charge is 0.141 e. The predicted octanol–water partition coefficient (Wildman–Crippen LogP) is 8.88. The summed E-state index contributed by atoms with van der Waals surface area (Å²) in [5.74, 6) is 3.71. The second-order valence-corrected chi connectivity index (χ2v) is 10.8. The number of benzene rings is 3. The fourth-order valence-corrected chi connectivity index (χ4v) is 6.62. The zero-order chi connectivity index (χ0) is 24.5. The van der Waals surface area contributed by atoms with Gasteiger partial charge >= 0.3 is 0 Å². The third-order valence-electron chi connectivity index (χ3n) is 8.39. The Bertz CT molecular complexity index is 1340. The molecule has 182 valence electrons. The molecule has 2 bridgehead atoms. The monoisotopic (exact) mass is 472 g/mol. The van der Waals surface area contributed by atoms with Gasteiger partial charge in [0.25, 0.3) is 0 Å². The van der Waals surface area contributed by atoms with Gasteiger partial charge in [-0.05, 0) is 68.4 Å². The number of imidazole rings is 1. The van der Waals surface area contributed by atoms with Crippen LogP contribution in [0.15, 0.2) is 91.0 Å². The molecule has 0 amide bonds. The molecule has 2 heteroatoms. The number of hydrogen-bond acceptors (Lipinski definition) is 1. The highest BCUT2D eigenvalue weighted by molar-refractivity contribution is 5.83. The topological polar surface area (TPSA) is 17.8 Å². The van der Waals surface area contributed by atoms with Crippen LogP contribution in [-0.2, 0) is 6.54 Å². The van der Waals surface area contributed by atoms with Gasteiger partial charge in [-0.2, -0.15) is 0 Å². The second-order valence-electron chi connectivity index (χ2n) is 10.8. The summed E-state index contributed by atoms with van der Waals surface area (Å²) in [4.78, 5) is 5.39. The molecule has 3 unspecified atom stereocenters. The van der Waals surface area contributed by atoms with Crippen molar-refractivity contribution in [1.82, 2.24) is 9.55 Å². The SMILES string of the molecule is Cc1cccc(C)c1-c1nc(-c2ccccc2)c(-c2ccccc2)n1CCCCC1CC2C=CC1C2. The summed E-state index contributed by atoms with van der Waals surface area (Å²) in [5.41, 5.74) is 8.58. The van der Waals surface area contributed by atoms with E-state index in [0.717, 1.165) is 35.8 Å². The van der Waals surface area contributed by atoms with Gasteiger partial charge in [0.2, 0.25) is 0 Å². The number of nitrogens with zero attached hydrogens (tertiary/aromatic N) is 2. The van der Waals surface area contributed by atoms with Crippen molar-refractivity contribution in [2.24, 2.45) is 17.8 Å². The molecule has 2 aliphatic rings. The molecule has 0 radical (unpaired) electrons. The fraction of sp³-hybridized carbons (Fsp3) is 0.324. The first-order valence-electron chi connectivity index (χ1n) is 13.7. The van der Waals surface area contributed by atoms with Crippen molar-refractivity contribution in [2.45, 2.75) is 52.5 Å². The first-order chi connectivity index (χ1) is 17.7. The summed E-state index contributed by atoms with van der Waals surface area (Å²) < 4.78 is 2.52. The van der Waals surface area contributed by atoms with Crippen molar-refractivity contribution in [1.29, 1.82) is 0 Å². The van der Waals surface area contributed by atoms with Crippen LogP contribution in [0.5, 0.6) is 0 Å². The van der Waals surface area contributed by atoms with Gasteiger partial charge in [0.15, 0.2) is 0 Å². The Morgan fingerprint density at radius 1 is 0.750 bits per heavy atom. The molecule has 1 heterocycles. The Kier molecular flexibility index (Phi) is 6.35. The number of fused-ring (bicyclic) bond motifs is 2. The molecule has 2 aliphatic carbocycles. The van der Waals surface area contributed by atoms with E-state index >= 15 is 0 Å². The number of rotatable bonds is 8. The largest absolute Gasteiger partial charge is 0.323 e. The minimum Gasteiger partial charge on any atom is -0.323 e. The van der Waals surface area contributed by atoms with E-state index in [0.29, 0.717) is 0 Å². The lowest BCUT2D eigenvalue weighted by molar-refractivity contribution is 0.392. The Morgan fingerprint density at radius 2 is 1.44 bits per heavy atom. The molecular formula is C34H36N2. The van der Waals surface area contributed by atoms with Crippen LogP contribution in [0.4, 0.5) is 0 Å². The third-order valence-corrected chi connectivity index (χ3v) is 8.39. The van der Waals surface area contributed by atoms with Gasteiger partial charge in [0.05, 0.1) is 11.4 Å². The molecule has 1 fully saturated rings. The molecule has 3 aromatic carbocycles. The molecule has 4 aromatic rings. The van der Waals surface area contributed by atoms with Crippen LogP contribution in [0.25, 0.3) is 33.9 Å². The zero-order valence-electron chi connectivity index (χ0n) is 21.5. The van der Waals surface area contributed by atoms with E-state index in [-0.39, 0.29) is 0 Å². The van der Waals surface area contributed by atoms with Crippen LogP contribution in [-0.4, -0.2) is 9.55 Å². The maximum atomic E-state index is 5.39. The maximum Gasteiger partial charge on any atom is 0.141 e. The van der Waals surface area contributed by atoms with E-state index in [9.17, 15) is 0 Å². The van der Waals surface area contributed by atoms with Gasteiger partial charge < -0.3 is 4.57 Å². The van der Waals surface area contributed by atoms with Gasteiger partial charge in [-0.1, -0.05) is 97.4 Å². The Hall–Kier alpha value is -3.39. The minimum atomic E-state index is 0.845. The highest BCUT2D eigenvalue weighted by Gasteiger charge is 2.34. The summed E-state index contributed by atoms with van der Waals surface area (Å²) in [5, 5.41) is 0. The normalized spacial score (nSPS) is 20.3. The predicted molar refractivity (Wildman–Crippen MR) is 151 cm³/mol. The first kappa shape index (κ1) is 23.0. The molecule has 0 spiro atoms. The molecule has 1 saturated carbocycles. The van der Waals surface area contributed by atoms with Crippen molar-refractivity contribution in [3.05, 3.63) is 102 Å². The van der Waals surface area contributed by atoms with Crippen LogP contribution in [0.3, 0.4) is 0 Å². The summed E-state index contributed by atoms with van der Waals surface area (Å²) in [6, 6.07) is 28.1. The van der Waals surface area contributed by atoms with Crippen molar-refractivity contribution >= 4 is 0 Å². The van der Waals surface area contributed by atoms with E-state index in [2.05, 4.69) is 109 Å². The van der Waals surface area contributed by atoms with E-state index < -0.39 is 0 Å². The van der Waals surface area contributed by atoms with Crippen LogP contribution in [0.1, 0.15) is 43.2 Å². The van der Waals surface area contributed by atoms with E-state index in [1.54, 1.807) is 0 Å². The molecule has 36 heavy (non-hydrogen) atoms. The van der Waals surface area contributed by atoms with Gasteiger partial charge in [-0.3, -0.25) is 0 Å². The van der Waals surface area contributed by atoms with Gasteiger partial charge in [-0.15, -0.1) is 0 Å². The molecule has 0 N–H and O–H groups in total. The van der Waals surface area contributed by atoms with E-state index in [1.807, 2.05) is 0 Å². The number of hydrogen-bond donors (Lipinski definition) is 0. The van der Waals surface area contributed by atoms with Crippen molar-refractivity contribution in [3.8, 4) is 33.9 Å². The van der Waals surface area contributed by atoms with Crippen molar-refractivity contribution in [2.75, 3.05) is 0 Å². The average molecular weight is 473 g/mol. The first-order valence-corrected chi connectivity index (χ1v) is 13.7.